The number of aliphatic hydroxyl groups excluding tert-OH is 7. The minimum absolute atomic E-state index is 0.0944. The molecule has 0 unspecified atom stereocenters. The minimum Gasteiger partial charge on any atom is -0.462 e. The Morgan fingerprint density at radius 1 is 0.800 bits per heavy atom. The lowest BCUT2D eigenvalue weighted by molar-refractivity contribution is -0.278. The monoisotopic (exact) mass is 563 g/mol. The Morgan fingerprint density at radius 3 is 2.10 bits per heavy atom. The van der Waals surface area contributed by atoms with Crippen LogP contribution in [0.4, 0.5) is 0 Å². The highest BCUT2D eigenvalue weighted by Gasteiger charge is 2.50. The van der Waals surface area contributed by atoms with Gasteiger partial charge in [-0.25, -0.2) is 0 Å². The van der Waals surface area contributed by atoms with Crippen LogP contribution in [-0.2, 0) is 20.7 Å². The Kier molecular flexibility index (Phi) is 10.1. The molecule has 2 aromatic carbocycles. The van der Waals surface area contributed by atoms with E-state index in [4.69, 9.17) is 14.2 Å². The van der Waals surface area contributed by atoms with Crippen LogP contribution in [0.2, 0.25) is 0 Å². The van der Waals surface area contributed by atoms with Crippen LogP contribution in [0, 0.1) is 5.92 Å². The van der Waals surface area contributed by atoms with Crippen molar-refractivity contribution in [3.63, 3.8) is 0 Å². The molecule has 0 aliphatic carbocycles. The van der Waals surface area contributed by atoms with E-state index >= 15 is 0 Å². The van der Waals surface area contributed by atoms with Crippen molar-refractivity contribution in [2.24, 2.45) is 5.92 Å². The molecule has 0 saturated carbocycles. The van der Waals surface area contributed by atoms with E-state index in [0.717, 1.165) is 16.7 Å². The Bertz CT molecular complexity index is 1110. The second-order valence-electron chi connectivity index (χ2n) is 10.2. The number of hydrogen-bond acceptors (Lipinski definition) is 11. The molecule has 40 heavy (non-hydrogen) atoms. The van der Waals surface area contributed by atoms with Crippen LogP contribution in [0.15, 0.2) is 48.5 Å². The second kappa shape index (κ2) is 13.3. The predicted octanol–water partition coefficient (Wildman–Crippen LogP) is -1.69. The van der Waals surface area contributed by atoms with Gasteiger partial charge in [0.05, 0.1) is 31.8 Å². The molecule has 2 aromatic rings. The Labute approximate surface area is 231 Å². The standard InChI is InChI=1S/C28H37NO11/c1-29-22(32)10-14-3-2-4-16(9-14)15-5-7-17(8-6-15)38-28-24(34)18(23(33)20(12-30)40-28)11-19-25(35)27(37)26(36)21(13-31)39-19/h2-9,18-21,23-28,30-31,33-37H,10-13H2,1H3,(H,29,32)/t18-,19+,20+,21+,23-,24-,25+,26+,27+,28-/m0/s1. The summed E-state index contributed by atoms with van der Waals surface area (Å²) in [6.07, 6.45) is -12.1. The maximum absolute atomic E-state index is 11.7. The molecular formula is C28H37NO11. The summed E-state index contributed by atoms with van der Waals surface area (Å²) in [7, 11) is 1.58. The molecule has 0 bridgehead atoms. The molecule has 2 saturated heterocycles. The average molecular weight is 564 g/mol. The number of hydrogen-bond donors (Lipinski definition) is 8. The first-order valence-corrected chi connectivity index (χ1v) is 13.2. The molecule has 220 valence electrons. The number of nitrogens with one attached hydrogen (secondary N) is 1. The van der Waals surface area contributed by atoms with Crippen molar-refractivity contribution in [3.05, 3.63) is 54.1 Å². The Morgan fingerprint density at radius 2 is 1.45 bits per heavy atom. The van der Waals surface area contributed by atoms with Crippen molar-refractivity contribution in [1.29, 1.82) is 0 Å². The minimum atomic E-state index is -1.60. The number of amides is 1. The number of carbonyl (C=O) groups excluding carboxylic acids is 1. The summed E-state index contributed by atoms with van der Waals surface area (Å²) in [4.78, 5) is 11.7. The van der Waals surface area contributed by atoms with Crippen LogP contribution < -0.4 is 10.1 Å². The van der Waals surface area contributed by atoms with Gasteiger partial charge < -0.3 is 55.3 Å². The lowest BCUT2D eigenvalue weighted by Crippen LogP contribution is -2.62. The van der Waals surface area contributed by atoms with Gasteiger partial charge >= 0.3 is 0 Å². The molecule has 2 heterocycles. The molecule has 12 nitrogen and oxygen atoms in total. The fourth-order valence-electron chi connectivity index (χ4n) is 5.18. The molecule has 0 aromatic heterocycles. The second-order valence-corrected chi connectivity index (χ2v) is 10.2. The molecule has 2 aliphatic rings. The molecule has 10 atom stereocenters. The van der Waals surface area contributed by atoms with Gasteiger partial charge in [-0.3, -0.25) is 4.79 Å². The Hall–Kier alpha value is -2.65. The SMILES string of the molecule is CNC(=O)Cc1cccc(-c2ccc(O[C@H]3O[C@H](CO)[C@@H](O)[C@H](C[C@H]4O[C@H](CO)[C@@H](O)[C@H](O)[C@@H]4O)[C@@H]3O)cc2)c1. The number of rotatable bonds is 9. The highest BCUT2D eigenvalue weighted by molar-refractivity contribution is 5.79. The van der Waals surface area contributed by atoms with Crippen LogP contribution >= 0.6 is 0 Å². The highest BCUT2D eigenvalue weighted by atomic mass is 16.7. The van der Waals surface area contributed by atoms with Crippen molar-refractivity contribution in [2.45, 2.75) is 68.0 Å². The molecule has 0 spiro atoms. The fourth-order valence-corrected chi connectivity index (χ4v) is 5.18. The third-order valence-corrected chi connectivity index (χ3v) is 7.53. The molecule has 2 fully saturated rings. The van der Waals surface area contributed by atoms with Gasteiger partial charge in [0.25, 0.3) is 0 Å². The van der Waals surface area contributed by atoms with Crippen molar-refractivity contribution in [3.8, 4) is 16.9 Å². The van der Waals surface area contributed by atoms with E-state index in [-0.39, 0.29) is 18.7 Å². The van der Waals surface area contributed by atoms with Crippen LogP contribution in [-0.4, -0.2) is 117 Å². The number of carbonyl (C=O) groups is 1. The largest absolute Gasteiger partial charge is 0.462 e. The first-order chi connectivity index (χ1) is 19.2. The van der Waals surface area contributed by atoms with Crippen molar-refractivity contribution < 1.29 is 54.8 Å². The van der Waals surface area contributed by atoms with Crippen LogP contribution in [0.5, 0.6) is 5.75 Å². The third-order valence-electron chi connectivity index (χ3n) is 7.53. The maximum atomic E-state index is 11.7. The van der Waals surface area contributed by atoms with Crippen molar-refractivity contribution >= 4 is 5.91 Å². The fraction of sp³-hybridized carbons (Fsp3) is 0.536. The molecule has 2 aliphatic heterocycles. The molecule has 0 radical (unpaired) electrons. The smallest absolute Gasteiger partial charge is 0.226 e. The van der Waals surface area contributed by atoms with Crippen molar-refractivity contribution in [2.75, 3.05) is 20.3 Å². The third kappa shape index (κ3) is 6.62. The van der Waals surface area contributed by atoms with Gasteiger partial charge in [0.2, 0.25) is 12.2 Å². The average Bonchev–Trinajstić information content (AvgIpc) is 2.97. The summed E-state index contributed by atoms with van der Waals surface area (Å²) < 4.78 is 17.0. The van der Waals surface area contributed by atoms with Crippen LogP contribution in [0.25, 0.3) is 11.1 Å². The lowest BCUT2D eigenvalue weighted by Gasteiger charge is -2.46. The van der Waals surface area contributed by atoms with Gasteiger partial charge in [0.15, 0.2) is 0 Å². The normalized spacial score (nSPS) is 34.3. The molecule has 4 rings (SSSR count). The highest BCUT2D eigenvalue weighted by Crippen LogP contribution is 2.35. The van der Waals surface area contributed by atoms with E-state index in [1.54, 1.807) is 31.3 Å². The number of benzene rings is 2. The quantitative estimate of drug-likeness (QED) is 0.173. The molecule has 1 amide bonds. The van der Waals surface area contributed by atoms with Gasteiger partial charge in [0, 0.05) is 13.0 Å². The zero-order valence-corrected chi connectivity index (χ0v) is 22.0. The molecular weight excluding hydrogens is 526 g/mol. The topological polar surface area (TPSA) is 198 Å². The van der Waals surface area contributed by atoms with E-state index < -0.39 is 74.3 Å². The number of likely N-dealkylation sites (N-methyl/N-ethyl adjacent to an activating group) is 1. The first kappa shape index (κ1) is 30.3. The van der Waals surface area contributed by atoms with Gasteiger partial charge in [0.1, 0.15) is 42.4 Å². The Balaban J connectivity index is 1.47. The van der Waals surface area contributed by atoms with E-state index in [1.807, 2.05) is 24.3 Å². The molecule has 12 heteroatoms. The van der Waals surface area contributed by atoms with Gasteiger partial charge in [-0.15, -0.1) is 0 Å². The summed E-state index contributed by atoms with van der Waals surface area (Å²) in [5.74, 6) is -0.767. The van der Waals surface area contributed by atoms with Gasteiger partial charge in [-0.1, -0.05) is 36.4 Å². The molecule has 8 N–H and O–H groups in total. The van der Waals surface area contributed by atoms with E-state index in [2.05, 4.69) is 5.32 Å². The zero-order chi connectivity index (χ0) is 29.0. The lowest BCUT2D eigenvalue weighted by atomic mass is 9.81. The zero-order valence-electron chi connectivity index (χ0n) is 22.0. The van der Waals surface area contributed by atoms with E-state index in [1.165, 1.54) is 0 Å². The summed E-state index contributed by atoms with van der Waals surface area (Å²) in [6.45, 7) is -1.19. The predicted molar refractivity (Wildman–Crippen MR) is 140 cm³/mol. The number of ether oxygens (including phenoxy) is 3. The summed E-state index contributed by atoms with van der Waals surface area (Å²) in [5, 5.41) is 74.3. The van der Waals surface area contributed by atoms with Crippen LogP contribution in [0.1, 0.15) is 12.0 Å². The van der Waals surface area contributed by atoms with Crippen LogP contribution in [0.3, 0.4) is 0 Å². The van der Waals surface area contributed by atoms with Gasteiger partial charge in [-0.2, -0.15) is 0 Å². The van der Waals surface area contributed by atoms with E-state index in [0.29, 0.717) is 5.75 Å². The summed E-state index contributed by atoms with van der Waals surface area (Å²) in [6, 6.07) is 14.5. The summed E-state index contributed by atoms with van der Waals surface area (Å²) >= 11 is 0. The van der Waals surface area contributed by atoms with Crippen molar-refractivity contribution in [1.82, 2.24) is 5.32 Å². The summed E-state index contributed by atoms with van der Waals surface area (Å²) in [5.41, 5.74) is 2.61. The maximum Gasteiger partial charge on any atom is 0.226 e. The first-order valence-electron chi connectivity index (χ1n) is 13.2. The number of aliphatic hydroxyl groups is 7. The van der Waals surface area contributed by atoms with Gasteiger partial charge in [-0.05, 0) is 35.2 Å². The van der Waals surface area contributed by atoms with E-state index in [9.17, 15) is 40.5 Å².